The van der Waals surface area contributed by atoms with Gasteiger partial charge in [0.2, 0.25) is 5.28 Å². The van der Waals surface area contributed by atoms with E-state index in [4.69, 9.17) is 16.9 Å². The van der Waals surface area contributed by atoms with Crippen LogP contribution in [0.3, 0.4) is 0 Å². The maximum atomic E-state index is 8.50. The normalized spacial score (nSPS) is 10.2. The highest BCUT2D eigenvalue weighted by molar-refractivity contribution is 6.28. The van der Waals surface area contributed by atoms with Crippen LogP contribution in [0.5, 0.6) is 0 Å². The summed E-state index contributed by atoms with van der Waals surface area (Å²) in [5.74, 6) is 0. The summed E-state index contributed by atoms with van der Waals surface area (Å²) < 4.78 is 1.85. The Kier molecular flexibility index (Phi) is 2.72. The Morgan fingerprint density at radius 2 is 2.42 bits per heavy atom. The van der Waals surface area contributed by atoms with E-state index in [9.17, 15) is 0 Å². The van der Waals surface area contributed by atoms with Gasteiger partial charge in [0.1, 0.15) is 0 Å². The molecule has 0 aliphatic carbocycles. The van der Waals surface area contributed by atoms with Crippen LogP contribution in [0, 0.1) is 11.3 Å². The molecule has 1 heterocycles. The quantitative estimate of drug-likeness (QED) is 0.705. The molecule has 0 aromatic carbocycles. The molecule has 0 bridgehead atoms. The monoisotopic (exact) mass is 183 g/mol. The van der Waals surface area contributed by atoms with E-state index in [1.807, 2.05) is 18.4 Å². The first-order chi connectivity index (χ1) is 5.66. The van der Waals surface area contributed by atoms with Gasteiger partial charge in [-0.15, -0.1) is 0 Å². The summed E-state index contributed by atoms with van der Waals surface area (Å²) in [5.41, 5.74) is 0.873. The molecule has 0 N–H and O–H groups in total. The Hall–Kier alpha value is -1.01. The lowest BCUT2D eigenvalue weighted by atomic mass is 10.3. The minimum absolute atomic E-state index is 0.253. The Balaban J connectivity index is 3.05. The molecule has 1 aromatic heterocycles. The lowest BCUT2D eigenvalue weighted by molar-refractivity contribution is 0.582. The SMILES string of the molecule is CC(C)n1c(CC#N)cnc1Cl. The smallest absolute Gasteiger partial charge is 0.203 e. The van der Waals surface area contributed by atoms with E-state index in [1.54, 1.807) is 6.20 Å². The van der Waals surface area contributed by atoms with Gasteiger partial charge in [-0.05, 0) is 25.4 Å². The average Bonchev–Trinajstić information content (AvgIpc) is 2.32. The van der Waals surface area contributed by atoms with E-state index in [2.05, 4.69) is 11.1 Å². The summed E-state index contributed by atoms with van der Waals surface area (Å²) in [7, 11) is 0. The number of hydrogen-bond donors (Lipinski definition) is 0. The predicted molar refractivity (Wildman–Crippen MR) is 46.9 cm³/mol. The first kappa shape index (κ1) is 9.08. The van der Waals surface area contributed by atoms with Gasteiger partial charge in [0, 0.05) is 6.04 Å². The Bertz CT molecular complexity index is 309. The molecule has 0 aliphatic rings. The summed E-state index contributed by atoms with van der Waals surface area (Å²) in [6, 6.07) is 2.33. The third kappa shape index (κ3) is 1.59. The fourth-order valence-electron chi connectivity index (χ4n) is 1.13. The van der Waals surface area contributed by atoms with Crippen LogP contribution in [0.2, 0.25) is 5.28 Å². The molecule has 4 heteroatoms. The van der Waals surface area contributed by atoms with Gasteiger partial charge in [-0.1, -0.05) is 0 Å². The second kappa shape index (κ2) is 3.59. The third-order valence-corrected chi connectivity index (χ3v) is 1.88. The molecular formula is C8H10ClN3. The molecular weight excluding hydrogens is 174 g/mol. The molecule has 0 radical (unpaired) electrons. The fourth-order valence-corrected chi connectivity index (χ4v) is 1.48. The molecule has 64 valence electrons. The first-order valence-corrected chi connectivity index (χ1v) is 4.13. The zero-order chi connectivity index (χ0) is 9.14. The second-order valence-electron chi connectivity index (χ2n) is 2.82. The number of imidazole rings is 1. The van der Waals surface area contributed by atoms with Crippen molar-refractivity contribution in [2.75, 3.05) is 0 Å². The zero-order valence-electron chi connectivity index (χ0n) is 7.08. The molecule has 0 unspecified atom stereocenters. The van der Waals surface area contributed by atoms with Gasteiger partial charge in [0.25, 0.3) is 0 Å². The molecule has 0 saturated carbocycles. The molecule has 0 aliphatic heterocycles. The number of nitriles is 1. The number of nitrogens with zero attached hydrogens (tertiary/aromatic N) is 3. The van der Waals surface area contributed by atoms with Gasteiger partial charge in [-0.25, -0.2) is 4.98 Å². The minimum Gasteiger partial charge on any atom is -0.315 e. The van der Waals surface area contributed by atoms with Crippen LogP contribution in [0.4, 0.5) is 0 Å². The van der Waals surface area contributed by atoms with Crippen molar-refractivity contribution in [1.29, 1.82) is 5.26 Å². The van der Waals surface area contributed by atoms with Crippen LogP contribution in [-0.2, 0) is 6.42 Å². The zero-order valence-corrected chi connectivity index (χ0v) is 7.84. The van der Waals surface area contributed by atoms with Crippen molar-refractivity contribution in [3.63, 3.8) is 0 Å². The van der Waals surface area contributed by atoms with E-state index in [0.717, 1.165) is 5.69 Å². The van der Waals surface area contributed by atoms with E-state index >= 15 is 0 Å². The molecule has 0 amide bonds. The molecule has 0 fully saturated rings. The molecule has 0 atom stereocenters. The lowest BCUT2D eigenvalue weighted by Crippen LogP contribution is -2.04. The third-order valence-electron chi connectivity index (χ3n) is 1.60. The Morgan fingerprint density at radius 1 is 1.75 bits per heavy atom. The van der Waals surface area contributed by atoms with Crippen LogP contribution in [0.15, 0.2) is 6.20 Å². The maximum absolute atomic E-state index is 8.50. The van der Waals surface area contributed by atoms with Gasteiger partial charge in [0.15, 0.2) is 0 Å². The minimum atomic E-state index is 0.253. The number of halogens is 1. The van der Waals surface area contributed by atoms with Crippen LogP contribution >= 0.6 is 11.6 Å². The van der Waals surface area contributed by atoms with Crippen LogP contribution in [-0.4, -0.2) is 9.55 Å². The highest BCUT2D eigenvalue weighted by Gasteiger charge is 2.09. The van der Waals surface area contributed by atoms with Gasteiger partial charge in [0.05, 0.1) is 24.4 Å². The summed E-state index contributed by atoms with van der Waals surface area (Å²) in [6.07, 6.45) is 2.00. The van der Waals surface area contributed by atoms with E-state index in [0.29, 0.717) is 11.7 Å². The summed E-state index contributed by atoms with van der Waals surface area (Å²) in [6.45, 7) is 4.02. The second-order valence-corrected chi connectivity index (χ2v) is 3.16. The molecule has 12 heavy (non-hydrogen) atoms. The van der Waals surface area contributed by atoms with Gasteiger partial charge in [-0.2, -0.15) is 5.26 Å². The predicted octanol–water partition coefficient (Wildman–Crippen LogP) is 2.18. The van der Waals surface area contributed by atoms with Crippen molar-refractivity contribution >= 4 is 11.6 Å². The number of hydrogen-bond acceptors (Lipinski definition) is 2. The van der Waals surface area contributed by atoms with Gasteiger partial charge in [-0.3, -0.25) is 0 Å². The van der Waals surface area contributed by atoms with Crippen LogP contribution in [0.1, 0.15) is 25.6 Å². The first-order valence-electron chi connectivity index (χ1n) is 3.75. The highest BCUT2D eigenvalue weighted by Crippen LogP contribution is 2.17. The van der Waals surface area contributed by atoms with Crippen molar-refractivity contribution in [3.8, 4) is 6.07 Å². The lowest BCUT2D eigenvalue weighted by Gasteiger charge is -2.10. The summed E-state index contributed by atoms with van der Waals surface area (Å²) >= 11 is 5.82. The van der Waals surface area contributed by atoms with Crippen molar-refractivity contribution in [2.24, 2.45) is 0 Å². The molecule has 0 spiro atoms. The van der Waals surface area contributed by atoms with E-state index in [1.165, 1.54) is 0 Å². The van der Waals surface area contributed by atoms with Crippen LogP contribution < -0.4 is 0 Å². The number of aromatic nitrogens is 2. The molecule has 0 saturated heterocycles. The van der Waals surface area contributed by atoms with Crippen molar-refractivity contribution in [1.82, 2.24) is 9.55 Å². The molecule has 1 aromatic rings. The van der Waals surface area contributed by atoms with Gasteiger partial charge >= 0.3 is 0 Å². The van der Waals surface area contributed by atoms with Crippen molar-refractivity contribution < 1.29 is 0 Å². The number of rotatable bonds is 2. The highest BCUT2D eigenvalue weighted by atomic mass is 35.5. The van der Waals surface area contributed by atoms with E-state index in [-0.39, 0.29) is 6.04 Å². The van der Waals surface area contributed by atoms with Crippen molar-refractivity contribution in [2.45, 2.75) is 26.3 Å². The largest absolute Gasteiger partial charge is 0.315 e. The Morgan fingerprint density at radius 3 is 2.92 bits per heavy atom. The maximum Gasteiger partial charge on any atom is 0.203 e. The van der Waals surface area contributed by atoms with Crippen LogP contribution in [0.25, 0.3) is 0 Å². The molecule has 1 rings (SSSR count). The molecule has 3 nitrogen and oxygen atoms in total. The summed E-state index contributed by atoms with van der Waals surface area (Å²) in [5, 5.41) is 8.95. The topological polar surface area (TPSA) is 41.6 Å². The fraction of sp³-hybridized carbons (Fsp3) is 0.500. The Labute approximate surface area is 76.6 Å². The van der Waals surface area contributed by atoms with Crippen molar-refractivity contribution in [3.05, 3.63) is 17.2 Å². The standard InChI is InChI=1S/C8H10ClN3/c1-6(2)12-7(3-4-10)5-11-8(12)9/h5-6H,3H2,1-2H3. The van der Waals surface area contributed by atoms with Gasteiger partial charge < -0.3 is 4.57 Å². The average molecular weight is 184 g/mol. The van der Waals surface area contributed by atoms with E-state index < -0.39 is 0 Å². The summed E-state index contributed by atoms with van der Waals surface area (Å²) in [4.78, 5) is 3.93.